The minimum absolute atomic E-state index is 0. The lowest BCUT2D eigenvalue weighted by Crippen LogP contribution is -2.35. The number of rotatable bonds is 4. The van der Waals surface area contributed by atoms with Crippen LogP contribution in [0.2, 0.25) is 0 Å². The molecule has 2 N–H and O–H groups in total. The third-order valence-electron chi connectivity index (χ3n) is 3.68. The van der Waals surface area contributed by atoms with Gasteiger partial charge in [-0.3, -0.25) is 9.59 Å². The Labute approximate surface area is 145 Å². The number of likely N-dealkylation sites (N-methyl/N-ethyl adjacent to an activating group) is 1. The highest BCUT2D eigenvalue weighted by atomic mass is 35.5. The number of benzene rings is 1. The molecule has 0 aliphatic carbocycles. The highest BCUT2D eigenvalue weighted by Gasteiger charge is 2.18. The largest absolute Gasteiger partial charge is 0.384 e. The lowest BCUT2D eigenvalue weighted by atomic mass is 10.1. The van der Waals surface area contributed by atoms with E-state index >= 15 is 0 Å². The van der Waals surface area contributed by atoms with Crippen LogP contribution in [0.3, 0.4) is 0 Å². The number of carbonyl (C=O) groups excluding carboxylic acids is 2. The normalized spacial score (nSPS) is 11.9. The van der Waals surface area contributed by atoms with E-state index in [1.807, 2.05) is 12.1 Å². The number of fused-ring (bicyclic) bond motifs is 1. The van der Waals surface area contributed by atoms with Crippen LogP contribution in [-0.2, 0) is 11.2 Å². The first-order valence-electron chi connectivity index (χ1n) is 7.38. The molecule has 1 aliphatic rings. The lowest BCUT2D eigenvalue weighted by Gasteiger charge is -2.16. The number of aromatic nitrogens is 1. The summed E-state index contributed by atoms with van der Waals surface area (Å²) in [4.78, 5) is 25.8. The Hall–Kier alpha value is -2.54. The predicted octanol–water partition coefficient (Wildman–Crippen LogP) is 2.08. The molecule has 0 saturated carbocycles. The number of anilines is 2. The number of nitrogens with one attached hydrogen (secondary N) is 2. The van der Waals surface area contributed by atoms with E-state index in [2.05, 4.69) is 15.8 Å². The fraction of sp³-hybridized carbons (Fsp3) is 0.312. The van der Waals surface area contributed by atoms with Crippen LogP contribution in [0.4, 0.5) is 11.5 Å². The lowest BCUT2D eigenvalue weighted by molar-refractivity contribution is -0.116. The van der Waals surface area contributed by atoms with Crippen molar-refractivity contribution < 1.29 is 14.1 Å². The van der Waals surface area contributed by atoms with Crippen molar-refractivity contribution in [2.45, 2.75) is 13.3 Å². The van der Waals surface area contributed by atoms with Crippen molar-refractivity contribution >= 4 is 35.7 Å². The van der Waals surface area contributed by atoms with E-state index in [0.29, 0.717) is 17.1 Å². The second-order valence-electron chi connectivity index (χ2n) is 5.58. The number of hydrogen-bond acceptors (Lipinski definition) is 5. The van der Waals surface area contributed by atoms with Gasteiger partial charge in [0.15, 0.2) is 5.82 Å². The maximum absolute atomic E-state index is 12.4. The van der Waals surface area contributed by atoms with Gasteiger partial charge in [0, 0.05) is 30.9 Å². The average Bonchev–Trinajstić information content (AvgIpc) is 3.14. The van der Waals surface area contributed by atoms with Gasteiger partial charge in [0.05, 0.1) is 6.54 Å². The van der Waals surface area contributed by atoms with E-state index < -0.39 is 0 Å². The van der Waals surface area contributed by atoms with Crippen LogP contribution < -0.4 is 10.6 Å². The Kier molecular flexibility index (Phi) is 5.46. The van der Waals surface area contributed by atoms with Gasteiger partial charge in [-0.05, 0) is 37.1 Å². The van der Waals surface area contributed by atoms with Crippen LogP contribution in [-0.4, -0.2) is 42.0 Å². The van der Waals surface area contributed by atoms with E-state index in [9.17, 15) is 9.59 Å². The maximum atomic E-state index is 12.4. The van der Waals surface area contributed by atoms with Crippen LogP contribution >= 0.6 is 12.4 Å². The van der Waals surface area contributed by atoms with Crippen molar-refractivity contribution in [2.75, 3.05) is 30.8 Å². The second kappa shape index (κ2) is 7.35. The highest BCUT2D eigenvalue weighted by Crippen LogP contribution is 2.23. The molecule has 0 radical (unpaired) electrons. The number of amides is 2. The summed E-state index contributed by atoms with van der Waals surface area (Å²) in [5.74, 6) is 0.441. The fourth-order valence-electron chi connectivity index (χ4n) is 2.55. The third-order valence-corrected chi connectivity index (χ3v) is 3.68. The molecular weight excluding hydrogens is 332 g/mol. The number of hydrogen-bond donors (Lipinski definition) is 2. The Morgan fingerprint density at radius 3 is 2.88 bits per heavy atom. The number of nitrogens with zero attached hydrogens (tertiary/aromatic N) is 2. The van der Waals surface area contributed by atoms with Gasteiger partial charge in [0.2, 0.25) is 5.91 Å². The standard InChI is InChI=1S/C16H18N4O3.ClH/c1-10-7-14(19-23-10)18-15(21)9-20(2)16(22)12-3-4-13-11(8-12)5-6-17-13;/h3-4,7-8,17H,5-6,9H2,1-2H3,(H,18,19,21);1H. The molecule has 7 nitrogen and oxygen atoms in total. The summed E-state index contributed by atoms with van der Waals surface area (Å²) in [6.45, 7) is 2.57. The molecule has 24 heavy (non-hydrogen) atoms. The Morgan fingerprint density at radius 1 is 1.38 bits per heavy atom. The fourth-order valence-corrected chi connectivity index (χ4v) is 2.55. The van der Waals surface area contributed by atoms with Crippen molar-refractivity contribution in [1.82, 2.24) is 10.1 Å². The third kappa shape index (κ3) is 3.86. The van der Waals surface area contributed by atoms with Crippen LogP contribution in [0.15, 0.2) is 28.8 Å². The van der Waals surface area contributed by atoms with Gasteiger partial charge in [0.25, 0.3) is 5.91 Å². The molecule has 128 valence electrons. The monoisotopic (exact) mass is 350 g/mol. The van der Waals surface area contributed by atoms with Crippen molar-refractivity contribution in [3.8, 4) is 0 Å². The quantitative estimate of drug-likeness (QED) is 0.881. The first-order chi connectivity index (χ1) is 11.0. The smallest absolute Gasteiger partial charge is 0.254 e. The number of halogens is 1. The predicted molar refractivity (Wildman–Crippen MR) is 92.7 cm³/mol. The Bertz CT molecular complexity index is 760. The average molecular weight is 351 g/mol. The van der Waals surface area contributed by atoms with Crippen molar-refractivity contribution in [3.63, 3.8) is 0 Å². The summed E-state index contributed by atoms with van der Waals surface area (Å²) in [7, 11) is 1.60. The molecule has 0 saturated heterocycles. The van der Waals surface area contributed by atoms with Crippen LogP contribution in [0.5, 0.6) is 0 Å². The molecule has 0 spiro atoms. The molecule has 0 unspecified atom stereocenters. The molecule has 2 aromatic rings. The molecule has 2 heterocycles. The molecule has 1 aliphatic heterocycles. The van der Waals surface area contributed by atoms with Crippen molar-refractivity contribution in [1.29, 1.82) is 0 Å². The van der Waals surface area contributed by atoms with Gasteiger partial charge >= 0.3 is 0 Å². The Balaban J connectivity index is 0.00000208. The van der Waals surface area contributed by atoms with Crippen LogP contribution in [0, 0.1) is 6.92 Å². The van der Waals surface area contributed by atoms with Crippen LogP contribution in [0.25, 0.3) is 0 Å². The minimum Gasteiger partial charge on any atom is -0.384 e. The Morgan fingerprint density at radius 2 is 2.17 bits per heavy atom. The summed E-state index contributed by atoms with van der Waals surface area (Å²) in [5, 5.41) is 9.53. The van der Waals surface area contributed by atoms with E-state index in [4.69, 9.17) is 4.52 Å². The van der Waals surface area contributed by atoms with Gasteiger partial charge in [0.1, 0.15) is 5.76 Å². The SMILES string of the molecule is Cc1cc(NC(=O)CN(C)C(=O)c2ccc3c(c2)CCN3)no1.Cl. The molecule has 3 rings (SSSR count). The number of aryl methyl sites for hydroxylation is 1. The van der Waals surface area contributed by atoms with Gasteiger partial charge in [-0.15, -0.1) is 12.4 Å². The second-order valence-corrected chi connectivity index (χ2v) is 5.58. The molecule has 8 heteroatoms. The van der Waals surface area contributed by atoms with Gasteiger partial charge in [-0.25, -0.2) is 0 Å². The molecule has 2 amide bonds. The topological polar surface area (TPSA) is 87.5 Å². The molecular formula is C16H19ClN4O3. The zero-order valence-electron chi connectivity index (χ0n) is 13.5. The van der Waals surface area contributed by atoms with Gasteiger partial charge < -0.3 is 20.1 Å². The summed E-state index contributed by atoms with van der Waals surface area (Å²) >= 11 is 0. The van der Waals surface area contributed by atoms with E-state index in [0.717, 1.165) is 24.2 Å². The first-order valence-corrected chi connectivity index (χ1v) is 7.38. The zero-order valence-corrected chi connectivity index (χ0v) is 14.3. The van der Waals surface area contributed by atoms with E-state index in [1.54, 1.807) is 26.1 Å². The molecule has 0 atom stereocenters. The van der Waals surface area contributed by atoms with Gasteiger partial charge in [-0.2, -0.15) is 0 Å². The summed E-state index contributed by atoms with van der Waals surface area (Å²) in [5.41, 5.74) is 2.79. The summed E-state index contributed by atoms with van der Waals surface area (Å²) in [6.07, 6.45) is 0.909. The first kappa shape index (κ1) is 17.8. The summed E-state index contributed by atoms with van der Waals surface area (Å²) in [6, 6.07) is 7.18. The zero-order chi connectivity index (χ0) is 16.4. The minimum atomic E-state index is -0.322. The van der Waals surface area contributed by atoms with Gasteiger partial charge in [-0.1, -0.05) is 5.16 Å². The molecule has 1 aromatic carbocycles. The number of carbonyl (C=O) groups is 2. The molecule has 0 bridgehead atoms. The maximum Gasteiger partial charge on any atom is 0.254 e. The molecule has 1 aromatic heterocycles. The van der Waals surface area contributed by atoms with E-state index in [1.165, 1.54) is 4.90 Å². The molecule has 0 fully saturated rings. The van der Waals surface area contributed by atoms with Crippen LogP contribution in [0.1, 0.15) is 21.7 Å². The summed E-state index contributed by atoms with van der Waals surface area (Å²) < 4.78 is 4.88. The van der Waals surface area contributed by atoms with Crippen molar-refractivity contribution in [2.24, 2.45) is 0 Å². The highest BCUT2D eigenvalue weighted by molar-refractivity contribution is 5.99. The van der Waals surface area contributed by atoms with Crippen molar-refractivity contribution in [3.05, 3.63) is 41.2 Å². The van der Waals surface area contributed by atoms with E-state index in [-0.39, 0.29) is 30.8 Å².